The Bertz CT molecular complexity index is 1070. The molecule has 1 atom stereocenters. The second kappa shape index (κ2) is 6.22. The molecule has 1 aromatic carbocycles. The summed E-state index contributed by atoms with van der Waals surface area (Å²) in [5.74, 6) is -0.952. The van der Waals surface area contributed by atoms with Gasteiger partial charge in [0, 0.05) is 24.8 Å². The van der Waals surface area contributed by atoms with Crippen LogP contribution in [0.15, 0.2) is 30.5 Å². The number of carbonyl (C=O) groups excluding carboxylic acids is 1. The summed E-state index contributed by atoms with van der Waals surface area (Å²) in [6.45, 7) is 2.81. The maximum atomic E-state index is 13.5. The van der Waals surface area contributed by atoms with Crippen LogP contribution in [0.25, 0.3) is 11.5 Å². The minimum Gasteiger partial charge on any atom is -0.327 e. The Labute approximate surface area is 159 Å². The molecule has 1 aliphatic carbocycles. The predicted molar refractivity (Wildman–Crippen MR) is 95.3 cm³/mol. The predicted octanol–water partition coefficient (Wildman–Crippen LogP) is 2.97. The van der Waals surface area contributed by atoms with E-state index in [0.717, 1.165) is 36.5 Å². The van der Waals surface area contributed by atoms with Gasteiger partial charge in [0.2, 0.25) is 0 Å². The second-order valence-electron chi connectivity index (χ2n) is 7.23. The van der Waals surface area contributed by atoms with Gasteiger partial charge < -0.3 is 9.47 Å². The first-order valence-electron chi connectivity index (χ1n) is 9.27. The van der Waals surface area contributed by atoms with Gasteiger partial charge in [-0.3, -0.25) is 9.48 Å². The summed E-state index contributed by atoms with van der Waals surface area (Å²) < 4.78 is 30.7. The highest BCUT2D eigenvalue weighted by atomic mass is 19.2. The van der Waals surface area contributed by atoms with E-state index in [0.29, 0.717) is 25.0 Å². The number of halogens is 2. The Hall–Kier alpha value is -3.10. The smallest absolute Gasteiger partial charge is 0.254 e. The standard InChI is InChI=1S/C19H18F2N6O/c1-11-17-23-24-18(16-6-7-22-27(16)13-3-4-13)26(17)9-8-25(11)19(28)12-2-5-14(20)15(21)10-12/h2,5-7,10-11,13H,3-4,8-9H2,1H3/t11-/m1/s1. The number of carbonyl (C=O) groups is 1. The molecule has 5 rings (SSSR count). The molecule has 0 radical (unpaired) electrons. The van der Waals surface area contributed by atoms with Crippen LogP contribution in [0, 0.1) is 11.6 Å². The van der Waals surface area contributed by atoms with E-state index < -0.39 is 11.6 Å². The molecule has 0 unspecified atom stereocenters. The lowest BCUT2D eigenvalue weighted by Crippen LogP contribution is -2.41. The zero-order chi connectivity index (χ0) is 19.4. The molecule has 28 heavy (non-hydrogen) atoms. The van der Waals surface area contributed by atoms with Crippen LogP contribution in [-0.2, 0) is 6.54 Å². The molecule has 144 valence electrons. The van der Waals surface area contributed by atoms with E-state index >= 15 is 0 Å². The van der Waals surface area contributed by atoms with E-state index in [2.05, 4.69) is 15.3 Å². The SMILES string of the molecule is C[C@@H]1c2nnc(-c3ccnn3C3CC3)n2CCN1C(=O)c1ccc(F)c(F)c1. The summed E-state index contributed by atoms with van der Waals surface area (Å²) in [7, 11) is 0. The number of benzene rings is 1. The molecule has 9 heteroatoms. The third kappa shape index (κ3) is 2.61. The van der Waals surface area contributed by atoms with Crippen LogP contribution in [0.3, 0.4) is 0 Å². The average molecular weight is 384 g/mol. The van der Waals surface area contributed by atoms with Crippen molar-refractivity contribution in [3.05, 3.63) is 53.5 Å². The molecule has 7 nitrogen and oxygen atoms in total. The van der Waals surface area contributed by atoms with Gasteiger partial charge in [0.15, 0.2) is 23.3 Å². The number of amides is 1. The summed E-state index contributed by atoms with van der Waals surface area (Å²) in [6.07, 6.45) is 3.99. The van der Waals surface area contributed by atoms with E-state index in [4.69, 9.17) is 0 Å². The molecule has 3 aromatic rings. The highest BCUT2D eigenvalue weighted by molar-refractivity contribution is 5.94. The maximum Gasteiger partial charge on any atom is 0.254 e. The van der Waals surface area contributed by atoms with Crippen LogP contribution >= 0.6 is 0 Å². The molecule has 0 spiro atoms. The van der Waals surface area contributed by atoms with Crippen molar-refractivity contribution in [3.63, 3.8) is 0 Å². The molecular weight excluding hydrogens is 366 g/mol. The quantitative estimate of drug-likeness (QED) is 0.696. The van der Waals surface area contributed by atoms with Crippen LogP contribution in [0.5, 0.6) is 0 Å². The molecule has 1 saturated carbocycles. The number of fused-ring (bicyclic) bond motifs is 1. The molecule has 0 N–H and O–H groups in total. The molecular formula is C19H18F2N6O. The van der Waals surface area contributed by atoms with Crippen LogP contribution in [0.4, 0.5) is 8.78 Å². The minimum atomic E-state index is -1.03. The number of hydrogen-bond donors (Lipinski definition) is 0. The van der Waals surface area contributed by atoms with Crippen molar-refractivity contribution in [1.29, 1.82) is 0 Å². The van der Waals surface area contributed by atoms with Gasteiger partial charge in [0.1, 0.15) is 5.69 Å². The van der Waals surface area contributed by atoms with Crippen molar-refractivity contribution in [3.8, 4) is 11.5 Å². The maximum absolute atomic E-state index is 13.5. The Balaban J connectivity index is 1.45. The van der Waals surface area contributed by atoms with Gasteiger partial charge in [-0.2, -0.15) is 5.10 Å². The van der Waals surface area contributed by atoms with E-state index in [1.54, 1.807) is 11.1 Å². The molecule has 3 heterocycles. The minimum absolute atomic E-state index is 0.116. The average Bonchev–Trinajstić information content (AvgIpc) is 3.25. The third-order valence-corrected chi connectivity index (χ3v) is 5.40. The Morgan fingerprint density at radius 3 is 2.68 bits per heavy atom. The first-order valence-corrected chi connectivity index (χ1v) is 9.27. The van der Waals surface area contributed by atoms with E-state index in [9.17, 15) is 13.6 Å². The zero-order valence-corrected chi connectivity index (χ0v) is 15.2. The number of rotatable bonds is 3. The topological polar surface area (TPSA) is 68.8 Å². The van der Waals surface area contributed by atoms with Crippen molar-refractivity contribution in [2.75, 3.05) is 6.54 Å². The molecule has 2 aromatic heterocycles. The summed E-state index contributed by atoms with van der Waals surface area (Å²) in [6, 6.07) is 5.21. The lowest BCUT2D eigenvalue weighted by Gasteiger charge is -2.33. The Morgan fingerprint density at radius 2 is 1.93 bits per heavy atom. The van der Waals surface area contributed by atoms with Gasteiger partial charge in [-0.05, 0) is 44.0 Å². The number of nitrogens with zero attached hydrogens (tertiary/aromatic N) is 6. The van der Waals surface area contributed by atoms with E-state index in [-0.39, 0.29) is 17.5 Å². The number of hydrogen-bond acceptors (Lipinski definition) is 4. The summed E-state index contributed by atoms with van der Waals surface area (Å²) in [5, 5.41) is 13.1. The summed E-state index contributed by atoms with van der Waals surface area (Å²) in [5.41, 5.74) is 1.04. The van der Waals surface area contributed by atoms with Gasteiger partial charge in [-0.1, -0.05) is 0 Å². The van der Waals surface area contributed by atoms with Crippen molar-refractivity contribution in [1.82, 2.24) is 29.4 Å². The van der Waals surface area contributed by atoms with Gasteiger partial charge >= 0.3 is 0 Å². The molecule has 1 amide bonds. The lowest BCUT2D eigenvalue weighted by molar-refractivity contribution is 0.0637. The molecule has 1 fully saturated rings. The molecule has 1 aliphatic heterocycles. The van der Waals surface area contributed by atoms with Crippen LogP contribution in [0.1, 0.15) is 48.0 Å². The van der Waals surface area contributed by atoms with Gasteiger partial charge in [0.25, 0.3) is 5.91 Å². The Kier molecular flexibility index (Phi) is 3.78. The normalized spacial score (nSPS) is 19.0. The fourth-order valence-electron chi connectivity index (χ4n) is 3.75. The molecule has 2 aliphatic rings. The van der Waals surface area contributed by atoms with Crippen molar-refractivity contribution in [2.24, 2.45) is 0 Å². The fourth-order valence-corrected chi connectivity index (χ4v) is 3.75. The number of aromatic nitrogens is 5. The van der Waals surface area contributed by atoms with Crippen molar-refractivity contribution >= 4 is 5.91 Å². The van der Waals surface area contributed by atoms with Crippen molar-refractivity contribution < 1.29 is 13.6 Å². The van der Waals surface area contributed by atoms with Crippen LogP contribution in [-0.4, -0.2) is 41.9 Å². The monoisotopic (exact) mass is 384 g/mol. The van der Waals surface area contributed by atoms with Crippen LogP contribution < -0.4 is 0 Å². The first kappa shape index (κ1) is 17.0. The fraction of sp³-hybridized carbons (Fsp3) is 0.368. The van der Waals surface area contributed by atoms with Crippen molar-refractivity contribution in [2.45, 2.75) is 38.4 Å². The largest absolute Gasteiger partial charge is 0.327 e. The van der Waals surface area contributed by atoms with Gasteiger partial charge in [0.05, 0.1) is 12.1 Å². The third-order valence-electron chi connectivity index (χ3n) is 5.40. The lowest BCUT2D eigenvalue weighted by atomic mass is 10.1. The Morgan fingerprint density at radius 1 is 1.11 bits per heavy atom. The van der Waals surface area contributed by atoms with Gasteiger partial charge in [-0.25, -0.2) is 8.78 Å². The van der Waals surface area contributed by atoms with Gasteiger partial charge in [-0.15, -0.1) is 10.2 Å². The summed E-state index contributed by atoms with van der Waals surface area (Å²) in [4.78, 5) is 14.4. The second-order valence-corrected chi connectivity index (χ2v) is 7.23. The first-order chi connectivity index (χ1) is 13.5. The van der Waals surface area contributed by atoms with Crippen LogP contribution in [0.2, 0.25) is 0 Å². The highest BCUT2D eigenvalue weighted by Gasteiger charge is 2.34. The zero-order valence-electron chi connectivity index (χ0n) is 15.2. The van der Waals surface area contributed by atoms with E-state index in [1.165, 1.54) is 6.07 Å². The van der Waals surface area contributed by atoms with E-state index in [1.807, 2.05) is 22.2 Å². The summed E-state index contributed by atoms with van der Waals surface area (Å²) >= 11 is 0. The molecule has 0 bridgehead atoms. The molecule has 0 saturated heterocycles. The highest BCUT2D eigenvalue weighted by Crippen LogP contribution is 2.38.